The molecule has 20 heavy (non-hydrogen) atoms. The lowest BCUT2D eigenvalue weighted by Crippen LogP contribution is -2.56. The number of likely N-dealkylation sites (tertiary alicyclic amines) is 1. The van der Waals surface area contributed by atoms with E-state index in [1.165, 1.54) is 5.69 Å². The topological polar surface area (TPSA) is 48.1 Å². The van der Waals surface area contributed by atoms with Gasteiger partial charge in [0.1, 0.15) is 0 Å². The number of carbonyl (C=O) groups excluding carboxylic acids is 1. The van der Waals surface area contributed by atoms with Crippen molar-refractivity contribution in [3.05, 3.63) is 24.0 Å². The molecule has 1 aromatic heterocycles. The van der Waals surface area contributed by atoms with Gasteiger partial charge in [0.05, 0.1) is 12.1 Å². The van der Waals surface area contributed by atoms with Crippen LogP contribution < -0.4 is 5.32 Å². The normalized spacial score (nSPS) is 29.6. The summed E-state index contributed by atoms with van der Waals surface area (Å²) in [6.45, 7) is 6.26. The van der Waals surface area contributed by atoms with Crippen LogP contribution in [-0.2, 0) is 4.79 Å². The molecule has 110 valence electrons. The first-order chi connectivity index (χ1) is 9.59. The molecule has 2 saturated heterocycles. The summed E-state index contributed by atoms with van der Waals surface area (Å²) in [5.74, 6) is 0.284. The number of aromatic nitrogens is 1. The molecule has 0 aliphatic carbocycles. The van der Waals surface area contributed by atoms with E-state index in [0.29, 0.717) is 0 Å². The van der Waals surface area contributed by atoms with Gasteiger partial charge in [-0.3, -0.25) is 4.79 Å². The van der Waals surface area contributed by atoms with E-state index in [-0.39, 0.29) is 23.4 Å². The minimum Gasteiger partial charge on any atom is -0.363 e. The molecule has 3 rings (SSSR count). The fourth-order valence-electron chi connectivity index (χ4n) is 3.70. The van der Waals surface area contributed by atoms with Crippen molar-refractivity contribution in [2.45, 2.75) is 51.6 Å². The summed E-state index contributed by atoms with van der Waals surface area (Å²) < 4.78 is 0. The minimum absolute atomic E-state index is 0.0354. The Labute approximate surface area is 120 Å². The molecule has 0 spiro atoms. The van der Waals surface area contributed by atoms with Crippen molar-refractivity contribution in [3.8, 4) is 0 Å². The molecule has 2 N–H and O–H groups in total. The molecule has 0 saturated carbocycles. The van der Waals surface area contributed by atoms with Crippen molar-refractivity contribution >= 4 is 5.91 Å². The van der Waals surface area contributed by atoms with Crippen LogP contribution in [0.1, 0.15) is 51.3 Å². The van der Waals surface area contributed by atoms with Crippen molar-refractivity contribution in [3.63, 3.8) is 0 Å². The quantitative estimate of drug-likeness (QED) is 0.871. The van der Waals surface area contributed by atoms with Crippen LogP contribution in [0.2, 0.25) is 0 Å². The maximum absolute atomic E-state index is 13.0. The SMILES string of the molecule is CC1(C)CCCNC1C(=O)N1CCCC1c1ccc[nH]1. The number of piperidine rings is 1. The lowest BCUT2D eigenvalue weighted by atomic mass is 9.77. The van der Waals surface area contributed by atoms with Gasteiger partial charge < -0.3 is 15.2 Å². The van der Waals surface area contributed by atoms with Crippen LogP contribution in [0.5, 0.6) is 0 Å². The summed E-state index contributed by atoms with van der Waals surface area (Å²) in [5, 5.41) is 3.45. The fraction of sp³-hybridized carbons (Fsp3) is 0.688. The molecule has 0 bridgehead atoms. The largest absolute Gasteiger partial charge is 0.363 e. The van der Waals surface area contributed by atoms with Crippen molar-refractivity contribution < 1.29 is 4.79 Å². The average Bonchev–Trinajstić information content (AvgIpc) is 3.08. The molecule has 2 unspecified atom stereocenters. The van der Waals surface area contributed by atoms with Crippen LogP contribution in [-0.4, -0.2) is 34.9 Å². The molecule has 0 aromatic carbocycles. The Kier molecular flexibility index (Phi) is 3.59. The Balaban J connectivity index is 1.79. The van der Waals surface area contributed by atoms with Gasteiger partial charge >= 0.3 is 0 Å². The lowest BCUT2D eigenvalue weighted by Gasteiger charge is -2.41. The van der Waals surface area contributed by atoms with Gasteiger partial charge in [-0.2, -0.15) is 0 Å². The predicted molar refractivity (Wildman–Crippen MR) is 79.3 cm³/mol. The summed E-state index contributed by atoms with van der Waals surface area (Å²) in [6.07, 6.45) is 6.40. The molecule has 2 aliphatic rings. The minimum atomic E-state index is -0.0354. The molecule has 3 heterocycles. The van der Waals surface area contributed by atoms with E-state index in [9.17, 15) is 4.79 Å². The van der Waals surface area contributed by atoms with Crippen LogP contribution in [0.25, 0.3) is 0 Å². The van der Waals surface area contributed by atoms with Gasteiger partial charge in [0.15, 0.2) is 0 Å². The van der Waals surface area contributed by atoms with E-state index in [1.54, 1.807) is 0 Å². The summed E-state index contributed by atoms with van der Waals surface area (Å²) in [4.78, 5) is 18.3. The molecule has 1 amide bonds. The molecular formula is C16H25N3O. The Morgan fingerprint density at radius 3 is 2.95 bits per heavy atom. The van der Waals surface area contributed by atoms with E-state index >= 15 is 0 Å². The predicted octanol–water partition coefficient (Wildman–Crippen LogP) is 2.46. The third-order valence-corrected chi connectivity index (χ3v) is 4.89. The molecule has 2 aliphatic heterocycles. The first kappa shape index (κ1) is 13.7. The van der Waals surface area contributed by atoms with Crippen molar-refractivity contribution in [1.29, 1.82) is 0 Å². The van der Waals surface area contributed by atoms with Gasteiger partial charge in [-0.25, -0.2) is 0 Å². The third-order valence-electron chi connectivity index (χ3n) is 4.89. The number of H-pyrrole nitrogens is 1. The number of aromatic amines is 1. The zero-order valence-corrected chi connectivity index (χ0v) is 12.5. The van der Waals surface area contributed by atoms with Gasteiger partial charge in [0.25, 0.3) is 0 Å². The number of hydrogen-bond acceptors (Lipinski definition) is 2. The second kappa shape index (κ2) is 5.24. The first-order valence-corrected chi connectivity index (χ1v) is 7.77. The number of nitrogens with zero attached hydrogens (tertiary/aromatic N) is 1. The highest BCUT2D eigenvalue weighted by atomic mass is 16.2. The third kappa shape index (κ3) is 2.37. The highest BCUT2D eigenvalue weighted by molar-refractivity contribution is 5.83. The second-order valence-corrected chi connectivity index (χ2v) is 6.79. The van der Waals surface area contributed by atoms with Gasteiger partial charge in [0, 0.05) is 18.4 Å². The lowest BCUT2D eigenvalue weighted by molar-refractivity contribution is -0.138. The second-order valence-electron chi connectivity index (χ2n) is 6.79. The first-order valence-electron chi connectivity index (χ1n) is 7.77. The number of carbonyl (C=O) groups is 1. The van der Waals surface area contributed by atoms with Gasteiger partial charge in [-0.05, 0) is 49.8 Å². The van der Waals surface area contributed by atoms with Crippen LogP contribution in [0.15, 0.2) is 18.3 Å². The van der Waals surface area contributed by atoms with Crippen LogP contribution in [0, 0.1) is 5.41 Å². The van der Waals surface area contributed by atoms with E-state index in [0.717, 1.165) is 38.8 Å². The number of amides is 1. The van der Waals surface area contributed by atoms with Crippen molar-refractivity contribution in [1.82, 2.24) is 15.2 Å². The molecule has 4 heteroatoms. The average molecular weight is 275 g/mol. The standard InChI is InChI=1S/C16H25N3O/c1-16(2)8-5-10-18-14(16)15(20)19-11-4-7-13(19)12-6-3-9-17-12/h3,6,9,13-14,17-18H,4-5,7-8,10-11H2,1-2H3. The zero-order chi connectivity index (χ0) is 14.2. The molecule has 2 atom stereocenters. The smallest absolute Gasteiger partial charge is 0.240 e. The van der Waals surface area contributed by atoms with E-state index in [1.807, 2.05) is 12.3 Å². The van der Waals surface area contributed by atoms with Gasteiger partial charge in [-0.15, -0.1) is 0 Å². The molecule has 4 nitrogen and oxygen atoms in total. The van der Waals surface area contributed by atoms with Crippen molar-refractivity contribution in [2.75, 3.05) is 13.1 Å². The molecular weight excluding hydrogens is 250 g/mol. The summed E-state index contributed by atoms with van der Waals surface area (Å²) >= 11 is 0. The van der Waals surface area contributed by atoms with E-state index in [4.69, 9.17) is 0 Å². The number of nitrogens with one attached hydrogen (secondary N) is 2. The Morgan fingerprint density at radius 2 is 2.25 bits per heavy atom. The summed E-state index contributed by atoms with van der Waals surface area (Å²) in [7, 11) is 0. The number of hydrogen-bond donors (Lipinski definition) is 2. The molecule has 0 radical (unpaired) electrons. The maximum atomic E-state index is 13.0. The Morgan fingerprint density at radius 1 is 1.40 bits per heavy atom. The van der Waals surface area contributed by atoms with E-state index in [2.05, 4.69) is 35.1 Å². The van der Waals surface area contributed by atoms with Crippen molar-refractivity contribution in [2.24, 2.45) is 5.41 Å². The van der Waals surface area contributed by atoms with Crippen LogP contribution in [0.3, 0.4) is 0 Å². The van der Waals surface area contributed by atoms with Crippen LogP contribution in [0.4, 0.5) is 0 Å². The van der Waals surface area contributed by atoms with Crippen LogP contribution >= 0.6 is 0 Å². The van der Waals surface area contributed by atoms with Gasteiger partial charge in [0.2, 0.25) is 5.91 Å². The maximum Gasteiger partial charge on any atom is 0.240 e. The summed E-state index contributed by atoms with van der Waals surface area (Å²) in [5.41, 5.74) is 1.22. The fourth-order valence-corrected chi connectivity index (χ4v) is 3.70. The highest BCUT2D eigenvalue weighted by Crippen LogP contribution is 2.36. The zero-order valence-electron chi connectivity index (χ0n) is 12.5. The molecule has 2 fully saturated rings. The molecule has 1 aromatic rings. The highest BCUT2D eigenvalue weighted by Gasteiger charge is 2.42. The summed E-state index contributed by atoms with van der Waals surface area (Å²) in [6, 6.07) is 4.30. The number of rotatable bonds is 2. The monoisotopic (exact) mass is 275 g/mol. The van der Waals surface area contributed by atoms with Gasteiger partial charge in [-0.1, -0.05) is 13.8 Å². The van der Waals surface area contributed by atoms with E-state index < -0.39 is 0 Å². The Hall–Kier alpha value is -1.29. The Bertz CT molecular complexity index is 466.